The van der Waals surface area contributed by atoms with Gasteiger partial charge in [0.15, 0.2) is 0 Å². The number of likely N-dealkylation sites (tertiary alicyclic amines) is 1. The van der Waals surface area contributed by atoms with Gasteiger partial charge < -0.3 is 4.90 Å². The molecule has 1 fully saturated rings. The van der Waals surface area contributed by atoms with Gasteiger partial charge in [0, 0.05) is 18.8 Å². The van der Waals surface area contributed by atoms with E-state index in [-0.39, 0.29) is 5.91 Å². The standard InChI is InChI=1S/C16H19N3O/c1-12-15(16(20)18-9-6-10-18)13(2)19(17-12)11-14-7-4-3-5-8-14/h3-5,7-8H,6,9-11H2,1-2H3. The summed E-state index contributed by atoms with van der Waals surface area (Å²) in [6, 6.07) is 10.2. The summed E-state index contributed by atoms with van der Waals surface area (Å²) < 4.78 is 1.93. The summed E-state index contributed by atoms with van der Waals surface area (Å²) >= 11 is 0. The second kappa shape index (κ2) is 5.12. The number of aromatic nitrogens is 2. The zero-order valence-electron chi connectivity index (χ0n) is 12.0. The first-order valence-electron chi connectivity index (χ1n) is 7.04. The summed E-state index contributed by atoms with van der Waals surface area (Å²) in [5.74, 6) is 0.130. The van der Waals surface area contributed by atoms with Crippen LogP contribution in [0.5, 0.6) is 0 Å². The first-order chi connectivity index (χ1) is 9.66. The topological polar surface area (TPSA) is 38.1 Å². The van der Waals surface area contributed by atoms with Crippen molar-refractivity contribution in [1.29, 1.82) is 0 Å². The second-order valence-electron chi connectivity index (χ2n) is 5.33. The number of benzene rings is 1. The van der Waals surface area contributed by atoms with Gasteiger partial charge in [-0.15, -0.1) is 0 Å². The Bertz CT molecular complexity index is 627. The van der Waals surface area contributed by atoms with Crippen molar-refractivity contribution in [3.05, 3.63) is 52.8 Å². The quantitative estimate of drug-likeness (QED) is 0.858. The van der Waals surface area contributed by atoms with E-state index < -0.39 is 0 Å². The number of rotatable bonds is 3. The van der Waals surface area contributed by atoms with Crippen molar-refractivity contribution in [2.24, 2.45) is 0 Å². The summed E-state index contributed by atoms with van der Waals surface area (Å²) in [5.41, 5.74) is 3.76. The molecule has 0 atom stereocenters. The van der Waals surface area contributed by atoms with Crippen LogP contribution in [-0.4, -0.2) is 33.7 Å². The van der Waals surface area contributed by atoms with Gasteiger partial charge >= 0.3 is 0 Å². The Morgan fingerprint density at radius 1 is 1.20 bits per heavy atom. The Labute approximate surface area is 119 Å². The molecule has 0 aliphatic carbocycles. The van der Waals surface area contributed by atoms with Crippen LogP contribution in [0, 0.1) is 13.8 Å². The van der Waals surface area contributed by atoms with Crippen molar-refractivity contribution in [2.45, 2.75) is 26.8 Å². The van der Waals surface area contributed by atoms with Gasteiger partial charge in [0.05, 0.1) is 17.8 Å². The van der Waals surface area contributed by atoms with Gasteiger partial charge in [-0.05, 0) is 25.8 Å². The predicted octanol–water partition coefficient (Wildman–Crippen LogP) is 2.39. The molecule has 4 nitrogen and oxygen atoms in total. The van der Waals surface area contributed by atoms with Crippen molar-refractivity contribution < 1.29 is 4.79 Å². The molecule has 1 amide bonds. The number of amides is 1. The lowest BCUT2D eigenvalue weighted by molar-refractivity contribution is 0.0650. The van der Waals surface area contributed by atoms with E-state index in [4.69, 9.17) is 0 Å². The van der Waals surface area contributed by atoms with Crippen LogP contribution in [0.3, 0.4) is 0 Å². The number of carbonyl (C=O) groups is 1. The molecule has 1 aliphatic rings. The molecule has 20 heavy (non-hydrogen) atoms. The third-order valence-electron chi connectivity index (χ3n) is 3.91. The average molecular weight is 269 g/mol. The summed E-state index contributed by atoms with van der Waals surface area (Å²) in [5, 5.41) is 4.54. The van der Waals surface area contributed by atoms with Crippen LogP contribution in [0.1, 0.15) is 33.7 Å². The molecular weight excluding hydrogens is 250 g/mol. The van der Waals surface area contributed by atoms with Crippen LogP contribution in [-0.2, 0) is 6.54 Å². The maximum absolute atomic E-state index is 12.4. The van der Waals surface area contributed by atoms with E-state index in [9.17, 15) is 4.79 Å². The maximum Gasteiger partial charge on any atom is 0.257 e. The summed E-state index contributed by atoms with van der Waals surface area (Å²) in [6.07, 6.45) is 1.11. The molecule has 0 saturated carbocycles. The lowest BCUT2D eigenvalue weighted by Gasteiger charge is -2.30. The lowest BCUT2D eigenvalue weighted by Crippen LogP contribution is -2.42. The fraction of sp³-hybridized carbons (Fsp3) is 0.375. The van der Waals surface area contributed by atoms with Gasteiger partial charge in [-0.3, -0.25) is 9.48 Å². The summed E-state index contributed by atoms with van der Waals surface area (Å²) in [6.45, 7) is 6.36. The first kappa shape index (κ1) is 12.9. The third-order valence-corrected chi connectivity index (χ3v) is 3.91. The predicted molar refractivity (Wildman–Crippen MR) is 77.8 cm³/mol. The third kappa shape index (κ3) is 2.22. The maximum atomic E-state index is 12.4. The highest BCUT2D eigenvalue weighted by atomic mass is 16.2. The van der Waals surface area contributed by atoms with E-state index in [1.54, 1.807) is 0 Å². The molecule has 0 bridgehead atoms. The summed E-state index contributed by atoms with van der Waals surface area (Å²) in [7, 11) is 0. The van der Waals surface area contributed by atoms with Gasteiger partial charge in [-0.1, -0.05) is 30.3 Å². The molecule has 2 aromatic rings. The molecule has 0 spiro atoms. The van der Waals surface area contributed by atoms with E-state index in [0.717, 1.165) is 36.5 Å². The zero-order chi connectivity index (χ0) is 14.1. The molecule has 1 saturated heterocycles. The fourth-order valence-corrected chi connectivity index (χ4v) is 2.59. The number of carbonyl (C=O) groups excluding carboxylic acids is 1. The number of aryl methyl sites for hydroxylation is 1. The van der Waals surface area contributed by atoms with Crippen LogP contribution in [0.4, 0.5) is 0 Å². The number of hydrogen-bond donors (Lipinski definition) is 0. The number of hydrogen-bond acceptors (Lipinski definition) is 2. The molecule has 3 rings (SSSR count). The zero-order valence-corrected chi connectivity index (χ0v) is 12.0. The Balaban J connectivity index is 1.88. The Hall–Kier alpha value is -2.10. The molecule has 0 N–H and O–H groups in total. The Morgan fingerprint density at radius 2 is 1.90 bits per heavy atom. The van der Waals surface area contributed by atoms with Gasteiger partial charge in [-0.2, -0.15) is 5.10 Å². The van der Waals surface area contributed by atoms with Crippen LogP contribution >= 0.6 is 0 Å². The van der Waals surface area contributed by atoms with E-state index in [1.165, 1.54) is 5.56 Å². The SMILES string of the molecule is Cc1nn(Cc2ccccc2)c(C)c1C(=O)N1CCC1. The van der Waals surface area contributed by atoms with Crippen LogP contribution in [0.25, 0.3) is 0 Å². The molecule has 0 unspecified atom stereocenters. The smallest absolute Gasteiger partial charge is 0.257 e. The highest BCUT2D eigenvalue weighted by Crippen LogP contribution is 2.19. The van der Waals surface area contributed by atoms with Crippen LogP contribution < -0.4 is 0 Å². The highest BCUT2D eigenvalue weighted by Gasteiger charge is 2.27. The van der Waals surface area contributed by atoms with Crippen molar-refractivity contribution >= 4 is 5.91 Å². The van der Waals surface area contributed by atoms with Crippen molar-refractivity contribution in [2.75, 3.05) is 13.1 Å². The molecule has 104 valence electrons. The van der Waals surface area contributed by atoms with E-state index in [1.807, 2.05) is 41.6 Å². The van der Waals surface area contributed by atoms with Crippen molar-refractivity contribution in [3.8, 4) is 0 Å². The minimum atomic E-state index is 0.130. The molecule has 4 heteroatoms. The summed E-state index contributed by atoms with van der Waals surface area (Å²) in [4.78, 5) is 14.3. The highest BCUT2D eigenvalue weighted by molar-refractivity contribution is 5.96. The Kier molecular flexibility index (Phi) is 3.30. The van der Waals surface area contributed by atoms with Crippen molar-refractivity contribution in [1.82, 2.24) is 14.7 Å². The van der Waals surface area contributed by atoms with E-state index in [0.29, 0.717) is 6.54 Å². The normalized spacial score (nSPS) is 14.2. The monoisotopic (exact) mass is 269 g/mol. The largest absolute Gasteiger partial charge is 0.338 e. The molecule has 1 aromatic carbocycles. The van der Waals surface area contributed by atoms with Crippen LogP contribution in [0.15, 0.2) is 30.3 Å². The van der Waals surface area contributed by atoms with Gasteiger partial charge in [0.25, 0.3) is 5.91 Å². The number of nitrogens with zero attached hydrogens (tertiary/aromatic N) is 3. The minimum absolute atomic E-state index is 0.130. The van der Waals surface area contributed by atoms with Gasteiger partial charge in [0.1, 0.15) is 0 Å². The molecule has 1 aromatic heterocycles. The van der Waals surface area contributed by atoms with E-state index in [2.05, 4.69) is 17.2 Å². The average Bonchev–Trinajstić information content (AvgIpc) is 2.63. The molecule has 1 aliphatic heterocycles. The molecular formula is C16H19N3O. The lowest BCUT2D eigenvalue weighted by atomic mass is 10.1. The molecule has 0 radical (unpaired) electrons. The first-order valence-corrected chi connectivity index (χ1v) is 7.04. The van der Waals surface area contributed by atoms with E-state index >= 15 is 0 Å². The Morgan fingerprint density at radius 3 is 2.50 bits per heavy atom. The van der Waals surface area contributed by atoms with Crippen molar-refractivity contribution in [3.63, 3.8) is 0 Å². The van der Waals surface area contributed by atoms with Gasteiger partial charge in [-0.25, -0.2) is 0 Å². The van der Waals surface area contributed by atoms with Crippen LogP contribution in [0.2, 0.25) is 0 Å². The molecule has 2 heterocycles. The van der Waals surface area contributed by atoms with Gasteiger partial charge in [0.2, 0.25) is 0 Å². The minimum Gasteiger partial charge on any atom is -0.338 e. The fourth-order valence-electron chi connectivity index (χ4n) is 2.59. The second-order valence-corrected chi connectivity index (χ2v) is 5.33.